The summed E-state index contributed by atoms with van der Waals surface area (Å²) < 4.78 is 35.5. The highest BCUT2D eigenvalue weighted by Gasteiger charge is 2.38. The van der Waals surface area contributed by atoms with E-state index in [-0.39, 0.29) is 13.0 Å². The van der Waals surface area contributed by atoms with Crippen molar-refractivity contribution in [1.29, 1.82) is 5.26 Å². The van der Waals surface area contributed by atoms with E-state index in [1.54, 1.807) is 6.07 Å². The second kappa shape index (κ2) is 3.24. The average Bonchev–Trinajstić information content (AvgIpc) is 2.29. The smallest absolute Gasteiger partial charge is 0.332 e. The SMILES string of the molecule is N#CC1CC(=O)N(CC(F)(F)F)C1. The predicted octanol–water partition coefficient (Wildman–Crippen LogP) is 0.921. The summed E-state index contributed by atoms with van der Waals surface area (Å²) in [5, 5.41) is 8.39. The van der Waals surface area contributed by atoms with Gasteiger partial charge in [0, 0.05) is 13.0 Å². The largest absolute Gasteiger partial charge is 0.406 e. The minimum atomic E-state index is -4.37. The third-order valence-corrected chi connectivity index (χ3v) is 1.77. The van der Waals surface area contributed by atoms with Crippen LogP contribution in [-0.4, -0.2) is 30.1 Å². The molecule has 0 aromatic heterocycles. The van der Waals surface area contributed by atoms with Crippen molar-refractivity contribution >= 4 is 5.91 Å². The van der Waals surface area contributed by atoms with Crippen molar-refractivity contribution in [1.82, 2.24) is 4.90 Å². The minimum absolute atomic E-state index is 0.0907. The van der Waals surface area contributed by atoms with Gasteiger partial charge in [0.25, 0.3) is 0 Å². The number of carbonyl (C=O) groups excluding carboxylic acids is 1. The summed E-state index contributed by atoms with van der Waals surface area (Å²) >= 11 is 0. The van der Waals surface area contributed by atoms with Crippen molar-refractivity contribution in [2.45, 2.75) is 12.6 Å². The molecule has 1 rings (SSSR count). The molecule has 1 fully saturated rings. The summed E-state index contributed by atoms with van der Waals surface area (Å²) in [5.41, 5.74) is 0. The van der Waals surface area contributed by atoms with Crippen molar-refractivity contribution in [3.63, 3.8) is 0 Å². The lowest BCUT2D eigenvalue weighted by molar-refractivity contribution is -0.157. The predicted molar refractivity (Wildman–Crippen MR) is 36.4 cm³/mol. The molecule has 1 atom stereocenters. The van der Waals surface area contributed by atoms with E-state index in [2.05, 4.69) is 0 Å². The third kappa shape index (κ3) is 2.61. The summed E-state index contributed by atoms with van der Waals surface area (Å²) in [6.07, 6.45) is -4.47. The number of amides is 1. The molecule has 0 saturated carbocycles. The molecule has 0 aliphatic carbocycles. The molecule has 1 heterocycles. The Morgan fingerprint density at radius 2 is 2.23 bits per heavy atom. The molecule has 1 saturated heterocycles. The fourth-order valence-corrected chi connectivity index (χ4v) is 1.23. The maximum absolute atomic E-state index is 11.8. The Balaban J connectivity index is 2.55. The van der Waals surface area contributed by atoms with Crippen molar-refractivity contribution < 1.29 is 18.0 Å². The van der Waals surface area contributed by atoms with Gasteiger partial charge >= 0.3 is 6.18 Å². The molecule has 0 radical (unpaired) electrons. The second-order valence-corrected chi connectivity index (χ2v) is 2.92. The normalized spacial score (nSPS) is 23.4. The van der Waals surface area contributed by atoms with Crippen LogP contribution in [0, 0.1) is 17.2 Å². The van der Waals surface area contributed by atoms with Gasteiger partial charge in [-0.25, -0.2) is 0 Å². The van der Waals surface area contributed by atoms with Crippen LogP contribution in [-0.2, 0) is 4.79 Å². The lowest BCUT2D eigenvalue weighted by Gasteiger charge is -2.17. The zero-order valence-corrected chi connectivity index (χ0v) is 6.64. The number of hydrogen-bond acceptors (Lipinski definition) is 2. The van der Waals surface area contributed by atoms with Gasteiger partial charge in [0.1, 0.15) is 6.54 Å². The molecule has 1 amide bonds. The van der Waals surface area contributed by atoms with Crippen molar-refractivity contribution in [2.24, 2.45) is 5.92 Å². The standard InChI is InChI=1S/C7H7F3N2O/c8-7(9,10)4-12-3-5(2-11)1-6(12)13/h5H,1,3-4H2. The molecule has 72 valence electrons. The summed E-state index contributed by atoms with van der Waals surface area (Å²) in [5.74, 6) is -1.18. The third-order valence-electron chi connectivity index (χ3n) is 1.77. The Hall–Kier alpha value is -1.25. The van der Waals surface area contributed by atoms with Gasteiger partial charge in [-0.2, -0.15) is 18.4 Å². The zero-order valence-electron chi connectivity index (χ0n) is 6.64. The Morgan fingerprint density at radius 3 is 2.62 bits per heavy atom. The van der Waals surface area contributed by atoms with Gasteiger partial charge in [-0.1, -0.05) is 0 Å². The Labute approximate surface area is 72.7 Å². The number of carbonyl (C=O) groups is 1. The van der Waals surface area contributed by atoms with Gasteiger partial charge in [-0.05, 0) is 0 Å². The van der Waals surface area contributed by atoms with E-state index in [0.29, 0.717) is 4.90 Å². The maximum Gasteiger partial charge on any atom is 0.406 e. The topological polar surface area (TPSA) is 44.1 Å². The molecule has 3 nitrogen and oxygen atoms in total. The van der Waals surface area contributed by atoms with Crippen molar-refractivity contribution in [2.75, 3.05) is 13.1 Å². The first-order chi connectivity index (χ1) is 5.92. The van der Waals surface area contributed by atoms with E-state index in [0.717, 1.165) is 0 Å². The summed E-state index contributed by atoms with van der Waals surface area (Å²) in [6.45, 7) is -1.35. The van der Waals surface area contributed by atoms with Gasteiger partial charge in [0.15, 0.2) is 0 Å². The number of rotatable bonds is 1. The molecule has 6 heteroatoms. The molecule has 1 aliphatic heterocycles. The van der Waals surface area contributed by atoms with Crippen LogP contribution >= 0.6 is 0 Å². The van der Waals surface area contributed by atoms with Gasteiger partial charge in [0.05, 0.1) is 12.0 Å². The van der Waals surface area contributed by atoms with Gasteiger partial charge < -0.3 is 4.90 Å². The zero-order chi connectivity index (χ0) is 10.1. The second-order valence-electron chi connectivity index (χ2n) is 2.92. The van der Waals surface area contributed by atoms with Crippen LogP contribution in [0.1, 0.15) is 6.42 Å². The number of alkyl halides is 3. The van der Waals surface area contributed by atoms with Crippen LogP contribution in [0.5, 0.6) is 0 Å². The summed E-state index contributed by atoms with van der Waals surface area (Å²) in [4.78, 5) is 11.6. The highest BCUT2D eigenvalue weighted by molar-refractivity contribution is 5.79. The average molecular weight is 192 g/mol. The molecule has 1 unspecified atom stereocenters. The van der Waals surface area contributed by atoms with Crippen LogP contribution in [0.3, 0.4) is 0 Å². The lowest BCUT2D eigenvalue weighted by Crippen LogP contribution is -2.35. The minimum Gasteiger partial charge on any atom is -0.332 e. The van der Waals surface area contributed by atoms with Crippen LogP contribution in [0.15, 0.2) is 0 Å². The molecule has 0 N–H and O–H groups in total. The molecular weight excluding hydrogens is 185 g/mol. The van der Waals surface area contributed by atoms with Crippen LogP contribution in [0.2, 0.25) is 0 Å². The van der Waals surface area contributed by atoms with Gasteiger partial charge in [-0.3, -0.25) is 4.79 Å². The van der Waals surface area contributed by atoms with E-state index < -0.39 is 24.5 Å². The molecule has 13 heavy (non-hydrogen) atoms. The first kappa shape index (κ1) is 9.84. The molecule has 0 spiro atoms. The molecular formula is C7H7F3N2O. The highest BCUT2D eigenvalue weighted by atomic mass is 19.4. The van der Waals surface area contributed by atoms with E-state index in [4.69, 9.17) is 5.26 Å². The molecule has 0 bridgehead atoms. The van der Waals surface area contributed by atoms with E-state index >= 15 is 0 Å². The number of nitriles is 1. The van der Waals surface area contributed by atoms with E-state index in [1.165, 1.54) is 0 Å². The fourth-order valence-electron chi connectivity index (χ4n) is 1.23. The number of hydrogen-bond donors (Lipinski definition) is 0. The Bertz CT molecular complexity index is 255. The van der Waals surface area contributed by atoms with Crippen LogP contribution in [0.4, 0.5) is 13.2 Å². The van der Waals surface area contributed by atoms with Gasteiger partial charge in [-0.15, -0.1) is 0 Å². The molecule has 1 aliphatic rings. The Kier molecular flexibility index (Phi) is 2.45. The number of likely N-dealkylation sites (tertiary alicyclic amines) is 1. The lowest BCUT2D eigenvalue weighted by atomic mass is 10.1. The van der Waals surface area contributed by atoms with Crippen molar-refractivity contribution in [3.05, 3.63) is 0 Å². The van der Waals surface area contributed by atoms with E-state index in [9.17, 15) is 18.0 Å². The quantitative estimate of drug-likeness (QED) is 0.620. The van der Waals surface area contributed by atoms with Crippen LogP contribution in [0.25, 0.3) is 0 Å². The highest BCUT2D eigenvalue weighted by Crippen LogP contribution is 2.23. The Morgan fingerprint density at radius 1 is 1.62 bits per heavy atom. The fraction of sp³-hybridized carbons (Fsp3) is 0.714. The molecule has 0 aromatic carbocycles. The van der Waals surface area contributed by atoms with E-state index in [1.807, 2.05) is 0 Å². The van der Waals surface area contributed by atoms with Gasteiger partial charge in [0.2, 0.25) is 5.91 Å². The summed E-state index contributed by atoms with van der Waals surface area (Å²) in [6, 6.07) is 1.78. The monoisotopic (exact) mass is 192 g/mol. The summed E-state index contributed by atoms with van der Waals surface area (Å²) in [7, 11) is 0. The number of halogens is 3. The maximum atomic E-state index is 11.8. The van der Waals surface area contributed by atoms with Crippen LogP contribution < -0.4 is 0 Å². The number of nitrogens with zero attached hydrogens (tertiary/aromatic N) is 2. The molecule has 0 aromatic rings. The first-order valence-electron chi connectivity index (χ1n) is 3.66. The van der Waals surface area contributed by atoms with Crippen molar-refractivity contribution in [3.8, 4) is 6.07 Å². The first-order valence-corrected chi connectivity index (χ1v) is 3.66.